The van der Waals surface area contributed by atoms with E-state index in [1.807, 2.05) is 6.07 Å². The zero-order valence-corrected chi connectivity index (χ0v) is 34.0. The molecular formula is C44H40F5N7O4S. The third-order valence-corrected chi connectivity index (χ3v) is 11.4. The normalized spacial score (nSPS) is 15.8. The van der Waals surface area contributed by atoms with E-state index in [2.05, 4.69) is 15.1 Å². The standard InChI is InChI=1S/C44H40F5N7O4S/c1-43(2)41(59)55(30-12-11-29(26-50)35(24-30)44(47,48)49)42(61)56(43)31-13-10-28(37(46)25-31)6-5-20-60-21-19-53-15-17-54(18-16-53)40(58)34-22-27(9-14-36(34)45)23-38-32-7-3-4-8-33(32)39(57)52-51-38/h3-4,7-14,22,24-25H,5-6,15-21,23H2,1-2H3,(H,52,57). The minimum atomic E-state index is -4.84. The summed E-state index contributed by atoms with van der Waals surface area (Å²) in [6.45, 7) is 6.42. The Labute approximate surface area is 352 Å². The summed E-state index contributed by atoms with van der Waals surface area (Å²) in [4.78, 5) is 45.3. The van der Waals surface area contributed by atoms with Crippen LogP contribution in [0.5, 0.6) is 0 Å². The van der Waals surface area contributed by atoms with Gasteiger partial charge in [0.15, 0.2) is 5.11 Å². The van der Waals surface area contributed by atoms with E-state index in [1.54, 1.807) is 61.2 Å². The van der Waals surface area contributed by atoms with Crippen molar-refractivity contribution in [3.8, 4) is 6.07 Å². The molecule has 1 aromatic heterocycles. The molecule has 2 aliphatic rings. The maximum Gasteiger partial charge on any atom is 0.417 e. The second-order valence-electron chi connectivity index (χ2n) is 15.3. The van der Waals surface area contributed by atoms with E-state index in [-0.39, 0.29) is 27.6 Å². The Balaban J connectivity index is 0.870. The van der Waals surface area contributed by atoms with Crippen LogP contribution in [0.1, 0.15) is 58.6 Å². The molecule has 11 nitrogen and oxygen atoms in total. The summed E-state index contributed by atoms with van der Waals surface area (Å²) in [6.07, 6.45) is -3.67. The van der Waals surface area contributed by atoms with Crippen molar-refractivity contribution in [2.24, 2.45) is 0 Å². The fourth-order valence-electron chi connectivity index (χ4n) is 7.69. The monoisotopic (exact) mass is 857 g/mol. The number of ether oxygens (including phenoxy) is 1. The van der Waals surface area contributed by atoms with E-state index < -0.39 is 46.3 Å². The SMILES string of the molecule is CC1(C)C(=O)N(c2ccc(C#N)c(C(F)(F)F)c2)C(=S)N1c1ccc(CCCOCCN2CCN(C(=O)c3cc(Cc4n[nH]c(=O)c5ccccc45)ccc3F)CC2)c(F)c1. The molecule has 3 heterocycles. The molecule has 61 heavy (non-hydrogen) atoms. The molecule has 0 saturated carbocycles. The molecule has 17 heteroatoms. The van der Waals surface area contributed by atoms with Crippen LogP contribution in [0.4, 0.5) is 33.3 Å². The van der Waals surface area contributed by atoms with Crippen LogP contribution in [0, 0.1) is 23.0 Å². The molecule has 0 unspecified atom stereocenters. The van der Waals surface area contributed by atoms with Gasteiger partial charge in [0.1, 0.15) is 17.2 Å². The third kappa shape index (κ3) is 8.88. The van der Waals surface area contributed by atoms with Gasteiger partial charge in [-0.2, -0.15) is 23.5 Å². The van der Waals surface area contributed by atoms with Gasteiger partial charge in [-0.15, -0.1) is 0 Å². The van der Waals surface area contributed by atoms with Crippen molar-refractivity contribution in [3.63, 3.8) is 0 Å². The number of nitriles is 1. The summed E-state index contributed by atoms with van der Waals surface area (Å²) in [5, 5.41) is 16.9. The third-order valence-electron chi connectivity index (χ3n) is 11.0. The van der Waals surface area contributed by atoms with Gasteiger partial charge in [0.05, 0.1) is 46.1 Å². The van der Waals surface area contributed by atoms with Gasteiger partial charge in [-0.1, -0.05) is 30.3 Å². The Morgan fingerprint density at radius 3 is 2.34 bits per heavy atom. The number of halogens is 5. The van der Waals surface area contributed by atoms with Gasteiger partial charge < -0.3 is 14.5 Å². The van der Waals surface area contributed by atoms with Gasteiger partial charge in [0, 0.05) is 56.8 Å². The van der Waals surface area contributed by atoms with Crippen molar-refractivity contribution in [1.29, 1.82) is 5.26 Å². The van der Waals surface area contributed by atoms with Crippen LogP contribution in [0.3, 0.4) is 0 Å². The fraction of sp³-hybridized carbons (Fsp3) is 0.318. The largest absolute Gasteiger partial charge is 0.417 e. The highest BCUT2D eigenvalue weighted by atomic mass is 32.1. The second-order valence-corrected chi connectivity index (χ2v) is 15.7. The highest BCUT2D eigenvalue weighted by molar-refractivity contribution is 7.81. The summed E-state index contributed by atoms with van der Waals surface area (Å²) in [7, 11) is 0. The van der Waals surface area contributed by atoms with E-state index in [0.29, 0.717) is 98.9 Å². The number of piperazine rings is 1. The molecule has 2 amide bonds. The predicted octanol–water partition coefficient (Wildman–Crippen LogP) is 7.01. The first-order valence-corrected chi connectivity index (χ1v) is 19.9. The number of benzene rings is 4. The minimum absolute atomic E-state index is 0.0233. The summed E-state index contributed by atoms with van der Waals surface area (Å²) < 4.78 is 77.3. The first-order valence-electron chi connectivity index (χ1n) is 19.5. The molecule has 7 rings (SSSR count). The van der Waals surface area contributed by atoms with Crippen LogP contribution in [-0.4, -0.2) is 88.4 Å². The molecule has 0 atom stereocenters. The van der Waals surface area contributed by atoms with Crippen molar-refractivity contribution in [1.82, 2.24) is 20.0 Å². The zero-order valence-electron chi connectivity index (χ0n) is 33.2. The van der Waals surface area contributed by atoms with Gasteiger partial charge in [-0.05, 0) is 98.6 Å². The number of aromatic amines is 1. The van der Waals surface area contributed by atoms with Crippen LogP contribution in [0.2, 0.25) is 0 Å². The molecule has 2 aliphatic heterocycles. The predicted molar refractivity (Wildman–Crippen MR) is 222 cm³/mol. The first kappa shape index (κ1) is 43.0. The Morgan fingerprint density at radius 1 is 0.918 bits per heavy atom. The topological polar surface area (TPSA) is 126 Å². The van der Waals surface area contributed by atoms with Crippen LogP contribution in [0.25, 0.3) is 10.8 Å². The molecule has 0 spiro atoms. The number of amides is 2. The second kappa shape index (κ2) is 17.5. The number of alkyl halides is 3. The number of H-pyrrole nitrogens is 1. The van der Waals surface area contributed by atoms with Crippen LogP contribution >= 0.6 is 12.2 Å². The molecule has 0 radical (unpaired) electrons. The number of carbonyl (C=O) groups excluding carboxylic acids is 2. The zero-order chi connectivity index (χ0) is 43.6. The molecule has 316 valence electrons. The lowest BCUT2D eigenvalue weighted by Gasteiger charge is -2.34. The lowest BCUT2D eigenvalue weighted by molar-refractivity contribution is -0.137. The molecular weight excluding hydrogens is 818 g/mol. The Morgan fingerprint density at radius 2 is 1.64 bits per heavy atom. The minimum Gasteiger partial charge on any atom is -0.380 e. The molecule has 5 aromatic rings. The first-order chi connectivity index (χ1) is 29.1. The van der Waals surface area contributed by atoms with Crippen LogP contribution in [0.15, 0.2) is 83.7 Å². The van der Waals surface area contributed by atoms with Gasteiger partial charge in [-0.25, -0.2) is 13.9 Å². The van der Waals surface area contributed by atoms with Crippen LogP contribution in [-0.2, 0) is 28.5 Å². The molecule has 4 aromatic carbocycles. The lowest BCUT2D eigenvalue weighted by Crippen LogP contribution is -2.49. The molecule has 0 bridgehead atoms. The van der Waals surface area contributed by atoms with Crippen LogP contribution < -0.4 is 15.4 Å². The summed E-state index contributed by atoms with van der Waals surface area (Å²) in [5.41, 5.74) is -1.68. The highest BCUT2D eigenvalue weighted by Gasteiger charge is 2.51. The van der Waals surface area contributed by atoms with E-state index in [0.717, 1.165) is 11.0 Å². The van der Waals surface area contributed by atoms with E-state index >= 15 is 4.39 Å². The fourth-order valence-corrected chi connectivity index (χ4v) is 8.21. The van der Waals surface area contributed by atoms with Crippen molar-refractivity contribution in [3.05, 3.63) is 134 Å². The Kier molecular flexibility index (Phi) is 12.3. The number of aryl methyl sites for hydroxylation is 1. The number of nitrogens with one attached hydrogen (secondary N) is 1. The number of aromatic nitrogens is 2. The number of rotatable bonds is 12. The maximum atomic E-state index is 15.4. The van der Waals surface area contributed by atoms with Crippen molar-refractivity contribution < 1.29 is 36.3 Å². The van der Waals surface area contributed by atoms with E-state index in [1.165, 1.54) is 29.2 Å². The number of hydrogen-bond donors (Lipinski definition) is 1. The molecule has 0 aliphatic carbocycles. The summed E-state index contributed by atoms with van der Waals surface area (Å²) >= 11 is 5.56. The van der Waals surface area contributed by atoms with E-state index in [9.17, 15) is 37.2 Å². The van der Waals surface area contributed by atoms with E-state index in [4.69, 9.17) is 17.0 Å². The average Bonchev–Trinajstić information content (AvgIpc) is 3.42. The lowest BCUT2D eigenvalue weighted by atomic mass is 10.0. The van der Waals surface area contributed by atoms with Crippen molar-refractivity contribution >= 4 is 51.3 Å². The van der Waals surface area contributed by atoms with Gasteiger partial charge in [0.2, 0.25) is 0 Å². The van der Waals surface area contributed by atoms with Crippen molar-refractivity contribution in [2.75, 3.05) is 55.7 Å². The summed E-state index contributed by atoms with van der Waals surface area (Å²) in [6, 6.07) is 20.4. The quantitative estimate of drug-likeness (QED) is 0.0802. The number of thiocarbonyl (C=S) groups is 1. The Hall–Kier alpha value is -6.09. The van der Waals surface area contributed by atoms with Gasteiger partial charge in [0.25, 0.3) is 17.4 Å². The number of nitrogens with zero attached hydrogens (tertiary/aromatic N) is 6. The smallest absolute Gasteiger partial charge is 0.380 e. The molecule has 2 saturated heterocycles. The number of anilines is 2. The average molecular weight is 858 g/mol. The van der Waals surface area contributed by atoms with Gasteiger partial charge >= 0.3 is 6.18 Å². The number of hydrogen-bond acceptors (Lipinski definition) is 8. The molecule has 1 N–H and O–H groups in total. The number of carbonyl (C=O) groups is 2. The van der Waals surface area contributed by atoms with Gasteiger partial charge in [-0.3, -0.25) is 24.2 Å². The van der Waals surface area contributed by atoms with Crippen molar-refractivity contribution in [2.45, 2.75) is 44.8 Å². The highest BCUT2D eigenvalue weighted by Crippen LogP contribution is 2.40. The molecule has 2 fully saturated rings. The number of fused-ring (bicyclic) bond motifs is 1. The Bertz CT molecular complexity index is 2620. The maximum absolute atomic E-state index is 15.4. The summed E-state index contributed by atoms with van der Waals surface area (Å²) in [5.74, 6) is -2.17.